The Morgan fingerprint density at radius 3 is 2.11 bits per heavy atom. The second kappa shape index (κ2) is 5.85. The van der Waals surface area contributed by atoms with Crippen LogP contribution in [0.1, 0.15) is 49.5 Å². The van der Waals surface area contributed by atoms with Crippen molar-refractivity contribution in [2.45, 2.75) is 52.2 Å². The summed E-state index contributed by atoms with van der Waals surface area (Å²) in [6.07, 6.45) is 1.43. The summed E-state index contributed by atoms with van der Waals surface area (Å²) in [7, 11) is 4.11. The van der Waals surface area contributed by atoms with Crippen molar-refractivity contribution in [1.29, 1.82) is 0 Å². The summed E-state index contributed by atoms with van der Waals surface area (Å²) >= 11 is 0. The molecule has 1 atom stereocenters. The van der Waals surface area contributed by atoms with Crippen LogP contribution in [-0.4, -0.2) is 29.6 Å². The predicted octanol–water partition coefficient (Wildman–Crippen LogP) is 3.46. The molecule has 1 aromatic rings. The third-order valence-corrected chi connectivity index (χ3v) is 4.34. The Balaban J connectivity index is 3.21. The molecule has 1 N–H and O–H groups in total. The highest BCUT2D eigenvalue weighted by Gasteiger charge is 2.38. The van der Waals surface area contributed by atoms with Crippen LogP contribution < -0.4 is 0 Å². The van der Waals surface area contributed by atoms with E-state index in [-0.39, 0.29) is 5.54 Å². The van der Waals surface area contributed by atoms with E-state index in [1.165, 1.54) is 11.1 Å². The molecule has 0 aliphatic carbocycles. The van der Waals surface area contributed by atoms with Gasteiger partial charge >= 0.3 is 0 Å². The number of aryl methyl sites for hydroxylation is 2. The van der Waals surface area contributed by atoms with Crippen LogP contribution in [0.15, 0.2) is 18.2 Å². The standard InChI is InChI=1S/C16H27NO/c1-7-16(8-2,17(5)6)15(18)14-10-9-12(3)11-13(14)4/h9-11,15,18H,7-8H2,1-6H3. The highest BCUT2D eigenvalue weighted by Crippen LogP contribution is 2.37. The van der Waals surface area contributed by atoms with Crippen LogP contribution in [0, 0.1) is 13.8 Å². The number of likely N-dealkylation sites (N-methyl/N-ethyl adjacent to an activating group) is 1. The normalized spacial score (nSPS) is 14.0. The van der Waals surface area contributed by atoms with Crippen molar-refractivity contribution in [3.05, 3.63) is 34.9 Å². The molecule has 0 saturated heterocycles. The molecule has 1 rings (SSSR count). The summed E-state index contributed by atoms with van der Waals surface area (Å²) in [5.74, 6) is 0. The minimum atomic E-state index is -0.442. The molecule has 0 aliphatic heterocycles. The van der Waals surface area contributed by atoms with Gasteiger partial charge in [-0.2, -0.15) is 0 Å². The van der Waals surface area contributed by atoms with E-state index in [1.54, 1.807) is 0 Å². The van der Waals surface area contributed by atoms with E-state index >= 15 is 0 Å². The largest absolute Gasteiger partial charge is 0.386 e. The summed E-state index contributed by atoms with van der Waals surface area (Å²) in [5.41, 5.74) is 3.29. The molecule has 0 aliphatic rings. The van der Waals surface area contributed by atoms with Crippen molar-refractivity contribution in [3.63, 3.8) is 0 Å². The summed E-state index contributed by atoms with van der Waals surface area (Å²) in [5, 5.41) is 10.8. The van der Waals surface area contributed by atoms with Gasteiger partial charge in [0.15, 0.2) is 0 Å². The van der Waals surface area contributed by atoms with E-state index in [9.17, 15) is 5.11 Å². The molecule has 0 fully saturated rings. The van der Waals surface area contributed by atoms with Gasteiger partial charge in [-0.05, 0) is 51.9 Å². The Morgan fingerprint density at radius 2 is 1.72 bits per heavy atom. The summed E-state index contributed by atoms with van der Waals surface area (Å²) in [4.78, 5) is 2.16. The number of rotatable bonds is 5. The number of hydrogen-bond acceptors (Lipinski definition) is 2. The first-order chi connectivity index (χ1) is 8.39. The lowest BCUT2D eigenvalue weighted by Gasteiger charge is -2.43. The van der Waals surface area contributed by atoms with Gasteiger partial charge in [0.05, 0.1) is 6.10 Å². The lowest BCUT2D eigenvalue weighted by Crippen LogP contribution is -2.48. The molecule has 0 amide bonds. The molecule has 2 nitrogen and oxygen atoms in total. The lowest BCUT2D eigenvalue weighted by atomic mass is 9.80. The SMILES string of the molecule is CCC(CC)(C(O)c1ccc(C)cc1C)N(C)C. The number of nitrogens with zero attached hydrogens (tertiary/aromatic N) is 1. The van der Waals surface area contributed by atoms with Gasteiger partial charge in [-0.25, -0.2) is 0 Å². The molecule has 0 saturated carbocycles. The average Bonchev–Trinajstić information content (AvgIpc) is 2.30. The first kappa shape index (κ1) is 15.2. The topological polar surface area (TPSA) is 23.5 Å². The van der Waals surface area contributed by atoms with E-state index in [2.05, 4.69) is 64.9 Å². The Bertz CT molecular complexity index is 394. The van der Waals surface area contributed by atoms with E-state index < -0.39 is 6.10 Å². The zero-order valence-electron chi connectivity index (χ0n) is 12.6. The number of hydrogen-bond donors (Lipinski definition) is 1. The molecule has 102 valence electrons. The molecule has 0 bridgehead atoms. The van der Waals surface area contributed by atoms with Gasteiger partial charge in [0.25, 0.3) is 0 Å². The first-order valence-electron chi connectivity index (χ1n) is 6.81. The van der Waals surface area contributed by atoms with E-state index in [0.29, 0.717) is 0 Å². The molecule has 0 radical (unpaired) electrons. The van der Waals surface area contributed by atoms with Crippen LogP contribution in [-0.2, 0) is 0 Å². The second-order valence-electron chi connectivity index (χ2n) is 5.47. The van der Waals surface area contributed by atoms with E-state index in [4.69, 9.17) is 0 Å². The Kier molecular flexibility index (Phi) is 4.94. The van der Waals surface area contributed by atoms with Crippen LogP contribution in [0.2, 0.25) is 0 Å². The maximum Gasteiger partial charge on any atom is 0.0975 e. The molecule has 0 aromatic heterocycles. The maximum atomic E-state index is 10.8. The van der Waals surface area contributed by atoms with Crippen molar-refractivity contribution < 1.29 is 5.11 Å². The highest BCUT2D eigenvalue weighted by molar-refractivity contribution is 5.33. The fourth-order valence-corrected chi connectivity index (χ4v) is 2.94. The summed E-state index contributed by atoms with van der Waals surface area (Å²) in [6.45, 7) is 8.46. The van der Waals surface area contributed by atoms with Crippen LogP contribution in [0.5, 0.6) is 0 Å². The monoisotopic (exact) mass is 249 g/mol. The van der Waals surface area contributed by atoms with Crippen molar-refractivity contribution in [3.8, 4) is 0 Å². The minimum Gasteiger partial charge on any atom is -0.386 e. The van der Waals surface area contributed by atoms with Gasteiger partial charge in [0.2, 0.25) is 0 Å². The predicted molar refractivity (Wildman–Crippen MR) is 77.9 cm³/mol. The third kappa shape index (κ3) is 2.60. The summed E-state index contributed by atoms with van der Waals surface area (Å²) < 4.78 is 0. The van der Waals surface area contributed by atoms with Gasteiger partial charge in [0.1, 0.15) is 0 Å². The highest BCUT2D eigenvalue weighted by atomic mass is 16.3. The Morgan fingerprint density at radius 1 is 1.17 bits per heavy atom. The molecule has 0 spiro atoms. The Hall–Kier alpha value is -0.860. The van der Waals surface area contributed by atoms with Crippen LogP contribution in [0.25, 0.3) is 0 Å². The van der Waals surface area contributed by atoms with Gasteiger partial charge in [0, 0.05) is 5.54 Å². The minimum absolute atomic E-state index is 0.181. The zero-order chi connectivity index (χ0) is 13.9. The average molecular weight is 249 g/mol. The molecule has 1 aromatic carbocycles. The summed E-state index contributed by atoms with van der Waals surface area (Å²) in [6, 6.07) is 6.29. The van der Waals surface area contributed by atoms with Gasteiger partial charge in [-0.3, -0.25) is 0 Å². The number of aliphatic hydroxyl groups excluding tert-OH is 1. The number of aliphatic hydroxyl groups is 1. The molecular formula is C16H27NO. The quantitative estimate of drug-likeness (QED) is 0.864. The van der Waals surface area contributed by atoms with Crippen LogP contribution in [0.3, 0.4) is 0 Å². The molecule has 18 heavy (non-hydrogen) atoms. The fraction of sp³-hybridized carbons (Fsp3) is 0.625. The third-order valence-electron chi connectivity index (χ3n) is 4.34. The van der Waals surface area contributed by atoms with Crippen LogP contribution >= 0.6 is 0 Å². The van der Waals surface area contributed by atoms with E-state index in [0.717, 1.165) is 18.4 Å². The Labute approximate surface area is 112 Å². The first-order valence-corrected chi connectivity index (χ1v) is 6.81. The van der Waals surface area contributed by atoms with Gasteiger partial charge in [-0.15, -0.1) is 0 Å². The van der Waals surface area contributed by atoms with Crippen LogP contribution in [0.4, 0.5) is 0 Å². The van der Waals surface area contributed by atoms with Crippen molar-refractivity contribution in [1.82, 2.24) is 4.90 Å². The van der Waals surface area contributed by atoms with Gasteiger partial charge in [-0.1, -0.05) is 37.6 Å². The maximum absolute atomic E-state index is 10.8. The molecule has 2 heteroatoms. The second-order valence-corrected chi connectivity index (χ2v) is 5.47. The molecule has 0 heterocycles. The van der Waals surface area contributed by atoms with E-state index in [1.807, 2.05) is 0 Å². The van der Waals surface area contributed by atoms with Crippen molar-refractivity contribution in [2.24, 2.45) is 0 Å². The smallest absolute Gasteiger partial charge is 0.0975 e. The zero-order valence-corrected chi connectivity index (χ0v) is 12.6. The number of benzene rings is 1. The molecular weight excluding hydrogens is 222 g/mol. The lowest BCUT2D eigenvalue weighted by molar-refractivity contribution is -0.0153. The van der Waals surface area contributed by atoms with Gasteiger partial charge < -0.3 is 10.0 Å². The molecule has 1 unspecified atom stereocenters. The van der Waals surface area contributed by atoms with Crippen molar-refractivity contribution >= 4 is 0 Å². The van der Waals surface area contributed by atoms with Crippen molar-refractivity contribution in [2.75, 3.05) is 14.1 Å². The fourth-order valence-electron chi connectivity index (χ4n) is 2.94.